The Hall–Kier alpha value is 0.270. The minimum Gasteiger partial charge on any atom is -0.316 e. The van der Waals surface area contributed by atoms with Crippen molar-refractivity contribution in [2.75, 3.05) is 37.7 Å². The second kappa shape index (κ2) is 5.38. The molecule has 2 nitrogen and oxygen atoms in total. The number of nitrogens with zero attached hydrogens (tertiary/aromatic N) is 1. The van der Waals surface area contributed by atoms with E-state index in [0.717, 1.165) is 12.0 Å². The summed E-state index contributed by atoms with van der Waals surface area (Å²) in [7, 11) is 0. The van der Waals surface area contributed by atoms with Crippen molar-refractivity contribution in [1.82, 2.24) is 10.2 Å². The average molecular weight is 214 g/mol. The lowest BCUT2D eigenvalue weighted by atomic mass is 9.99. The molecule has 0 aromatic heterocycles. The van der Waals surface area contributed by atoms with Gasteiger partial charge in [-0.25, -0.2) is 0 Å². The van der Waals surface area contributed by atoms with E-state index in [-0.39, 0.29) is 0 Å². The van der Waals surface area contributed by atoms with Gasteiger partial charge in [0.05, 0.1) is 0 Å². The van der Waals surface area contributed by atoms with E-state index in [1.54, 1.807) is 0 Å². The molecule has 0 spiro atoms. The second-order valence-electron chi connectivity index (χ2n) is 4.50. The zero-order chi connectivity index (χ0) is 9.80. The summed E-state index contributed by atoms with van der Waals surface area (Å²) in [5, 5.41) is 3.48. The molecule has 2 aliphatic rings. The Kier molecular flexibility index (Phi) is 4.14. The number of hydrogen-bond donors (Lipinski definition) is 1. The fraction of sp³-hybridized carbons (Fsp3) is 1.00. The minimum absolute atomic E-state index is 0.795. The van der Waals surface area contributed by atoms with Crippen molar-refractivity contribution >= 4 is 11.8 Å². The first-order valence-corrected chi connectivity index (χ1v) is 7.06. The van der Waals surface area contributed by atoms with Crippen molar-refractivity contribution < 1.29 is 0 Å². The third kappa shape index (κ3) is 2.65. The molecule has 2 rings (SSSR count). The summed E-state index contributed by atoms with van der Waals surface area (Å²) < 4.78 is 0. The van der Waals surface area contributed by atoms with E-state index in [4.69, 9.17) is 0 Å². The summed E-state index contributed by atoms with van der Waals surface area (Å²) in [6.45, 7) is 7.53. The summed E-state index contributed by atoms with van der Waals surface area (Å²) >= 11 is 2.12. The minimum atomic E-state index is 0.795. The van der Waals surface area contributed by atoms with Crippen LogP contribution in [-0.2, 0) is 0 Å². The van der Waals surface area contributed by atoms with Gasteiger partial charge in [-0.2, -0.15) is 11.8 Å². The molecule has 0 radical (unpaired) electrons. The molecule has 0 bridgehead atoms. The largest absolute Gasteiger partial charge is 0.316 e. The first kappa shape index (κ1) is 10.8. The molecule has 0 amide bonds. The summed E-state index contributed by atoms with van der Waals surface area (Å²) in [4.78, 5) is 2.71. The molecule has 0 saturated carbocycles. The lowest BCUT2D eigenvalue weighted by molar-refractivity contribution is 0.173. The first-order valence-electron chi connectivity index (χ1n) is 5.90. The summed E-state index contributed by atoms with van der Waals surface area (Å²) in [6.07, 6.45) is 2.76. The maximum atomic E-state index is 3.48. The van der Waals surface area contributed by atoms with Gasteiger partial charge in [-0.05, 0) is 51.1 Å². The molecular formula is C11H22N2S. The molecule has 2 aliphatic heterocycles. The van der Waals surface area contributed by atoms with Gasteiger partial charge in [0.2, 0.25) is 0 Å². The van der Waals surface area contributed by atoms with Gasteiger partial charge in [0.1, 0.15) is 0 Å². The summed E-state index contributed by atoms with van der Waals surface area (Å²) in [6, 6.07) is 0.795. The Morgan fingerprint density at radius 3 is 3.07 bits per heavy atom. The monoisotopic (exact) mass is 214 g/mol. The van der Waals surface area contributed by atoms with E-state index in [2.05, 4.69) is 28.9 Å². The third-order valence-electron chi connectivity index (χ3n) is 3.61. The highest BCUT2D eigenvalue weighted by Gasteiger charge is 2.26. The molecule has 0 aliphatic carbocycles. The average Bonchev–Trinajstić information content (AvgIpc) is 2.59. The predicted octanol–water partition coefficient (Wildman–Crippen LogP) is 1.42. The van der Waals surface area contributed by atoms with Crippen LogP contribution in [0.3, 0.4) is 0 Å². The number of rotatable bonds is 2. The highest BCUT2D eigenvalue weighted by molar-refractivity contribution is 7.99. The van der Waals surface area contributed by atoms with Crippen LogP contribution in [0.2, 0.25) is 0 Å². The molecule has 2 atom stereocenters. The fourth-order valence-corrected chi connectivity index (χ4v) is 3.46. The molecule has 14 heavy (non-hydrogen) atoms. The normalized spacial score (nSPS) is 32.8. The van der Waals surface area contributed by atoms with Gasteiger partial charge >= 0.3 is 0 Å². The van der Waals surface area contributed by atoms with Gasteiger partial charge < -0.3 is 5.32 Å². The quantitative estimate of drug-likeness (QED) is 0.748. The fourth-order valence-electron chi connectivity index (χ4n) is 2.56. The molecular weight excluding hydrogens is 192 g/mol. The van der Waals surface area contributed by atoms with Crippen molar-refractivity contribution in [1.29, 1.82) is 0 Å². The topological polar surface area (TPSA) is 15.3 Å². The Morgan fingerprint density at radius 1 is 1.36 bits per heavy atom. The van der Waals surface area contributed by atoms with Crippen molar-refractivity contribution in [3.05, 3.63) is 0 Å². The molecule has 2 saturated heterocycles. The Labute approximate surface area is 91.8 Å². The van der Waals surface area contributed by atoms with Gasteiger partial charge in [0, 0.05) is 18.3 Å². The van der Waals surface area contributed by atoms with Gasteiger partial charge in [0.25, 0.3) is 0 Å². The van der Waals surface area contributed by atoms with Gasteiger partial charge in [-0.3, -0.25) is 4.90 Å². The molecule has 0 aromatic carbocycles. The lowest BCUT2D eigenvalue weighted by Gasteiger charge is -2.31. The van der Waals surface area contributed by atoms with E-state index >= 15 is 0 Å². The van der Waals surface area contributed by atoms with E-state index in [1.165, 1.54) is 50.5 Å². The van der Waals surface area contributed by atoms with Crippen LogP contribution in [0.4, 0.5) is 0 Å². The molecule has 2 heterocycles. The smallest absolute Gasteiger partial charge is 0.0108 e. The van der Waals surface area contributed by atoms with E-state index in [1.807, 2.05) is 0 Å². The van der Waals surface area contributed by atoms with Crippen LogP contribution in [0.1, 0.15) is 19.8 Å². The first-order chi connectivity index (χ1) is 6.88. The standard InChI is InChI=1S/C11H22N2S/c1-10(11-3-4-12-9-11)13-5-2-7-14-8-6-13/h10-12H,2-9H2,1H3. The number of hydrogen-bond acceptors (Lipinski definition) is 3. The van der Waals surface area contributed by atoms with Crippen molar-refractivity contribution in [2.45, 2.75) is 25.8 Å². The summed E-state index contributed by atoms with van der Waals surface area (Å²) in [5.41, 5.74) is 0. The maximum absolute atomic E-state index is 3.48. The molecule has 2 unspecified atom stereocenters. The molecule has 3 heteroatoms. The van der Waals surface area contributed by atoms with Crippen LogP contribution in [0.5, 0.6) is 0 Å². The Bertz CT molecular complexity index is 161. The molecule has 0 aromatic rings. The van der Waals surface area contributed by atoms with Crippen molar-refractivity contribution in [3.8, 4) is 0 Å². The van der Waals surface area contributed by atoms with Gasteiger partial charge in [-0.1, -0.05) is 0 Å². The second-order valence-corrected chi connectivity index (χ2v) is 5.72. The van der Waals surface area contributed by atoms with E-state index < -0.39 is 0 Å². The van der Waals surface area contributed by atoms with Gasteiger partial charge in [-0.15, -0.1) is 0 Å². The highest BCUT2D eigenvalue weighted by atomic mass is 32.2. The Balaban J connectivity index is 1.84. The van der Waals surface area contributed by atoms with Crippen LogP contribution in [-0.4, -0.2) is 48.6 Å². The Morgan fingerprint density at radius 2 is 2.29 bits per heavy atom. The SMILES string of the molecule is CC(C1CCNC1)N1CCCSCC1. The van der Waals surface area contributed by atoms with Crippen LogP contribution in [0.15, 0.2) is 0 Å². The van der Waals surface area contributed by atoms with Crippen LogP contribution in [0.25, 0.3) is 0 Å². The van der Waals surface area contributed by atoms with Crippen LogP contribution < -0.4 is 5.32 Å². The van der Waals surface area contributed by atoms with Crippen molar-refractivity contribution in [2.24, 2.45) is 5.92 Å². The lowest BCUT2D eigenvalue weighted by Crippen LogP contribution is -2.40. The third-order valence-corrected chi connectivity index (χ3v) is 4.66. The molecule has 82 valence electrons. The highest BCUT2D eigenvalue weighted by Crippen LogP contribution is 2.20. The zero-order valence-electron chi connectivity index (χ0n) is 9.17. The van der Waals surface area contributed by atoms with Gasteiger partial charge in [0.15, 0.2) is 0 Å². The van der Waals surface area contributed by atoms with E-state index in [0.29, 0.717) is 0 Å². The number of nitrogens with one attached hydrogen (secondary N) is 1. The molecule has 1 N–H and O–H groups in total. The number of thioether (sulfide) groups is 1. The van der Waals surface area contributed by atoms with Crippen LogP contribution >= 0.6 is 11.8 Å². The van der Waals surface area contributed by atoms with E-state index in [9.17, 15) is 0 Å². The zero-order valence-corrected chi connectivity index (χ0v) is 9.98. The van der Waals surface area contributed by atoms with Crippen molar-refractivity contribution in [3.63, 3.8) is 0 Å². The molecule has 2 fully saturated rings. The summed E-state index contributed by atoms with van der Waals surface area (Å²) in [5.74, 6) is 3.61. The predicted molar refractivity (Wildman–Crippen MR) is 64.0 cm³/mol. The van der Waals surface area contributed by atoms with Crippen LogP contribution in [0, 0.1) is 5.92 Å². The maximum Gasteiger partial charge on any atom is 0.0108 e.